The first-order chi connectivity index (χ1) is 15.9. The molecule has 0 saturated heterocycles. The minimum absolute atomic E-state index is 0.316. The lowest BCUT2D eigenvalue weighted by Crippen LogP contribution is -2.36. The molecule has 0 saturated carbocycles. The van der Waals surface area contributed by atoms with Crippen LogP contribution < -0.4 is 14.2 Å². The number of aromatic nitrogens is 1. The lowest BCUT2D eigenvalue weighted by atomic mass is 10.1. The van der Waals surface area contributed by atoms with E-state index in [0.717, 1.165) is 15.2 Å². The molecule has 0 aliphatic rings. The summed E-state index contributed by atoms with van der Waals surface area (Å²) >= 11 is 1.53. The van der Waals surface area contributed by atoms with Gasteiger partial charge in [0.15, 0.2) is 17.6 Å². The van der Waals surface area contributed by atoms with Gasteiger partial charge in [-0.3, -0.25) is 4.79 Å². The van der Waals surface area contributed by atoms with Crippen molar-refractivity contribution in [2.45, 2.75) is 19.6 Å². The van der Waals surface area contributed by atoms with Gasteiger partial charge < -0.3 is 23.8 Å². The van der Waals surface area contributed by atoms with Gasteiger partial charge in [0.1, 0.15) is 5.01 Å². The van der Waals surface area contributed by atoms with E-state index in [2.05, 4.69) is 4.98 Å². The second-order valence-corrected chi connectivity index (χ2v) is 8.26. The third-order valence-corrected chi connectivity index (χ3v) is 5.85. The molecule has 1 amide bonds. The molecule has 3 rings (SSSR count). The van der Waals surface area contributed by atoms with E-state index in [1.165, 1.54) is 43.6 Å². The highest BCUT2D eigenvalue weighted by Crippen LogP contribution is 2.38. The Balaban J connectivity index is 1.61. The van der Waals surface area contributed by atoms with Crippen LogP contribution in [-0.4, -0.2) is 56.2 Å². The minimum atomic E-state index is -0.943. The number of carbonyl (C=O) groups is 2. The average Bonchev–Trinajstić information content (AvgIpc) is 3.23. The molecule has 0 radical (unpaired) electrons. The number of fused-ring (bicyclic) bond motifs is 1. The van der Waals surface area contributed by atoms with Crippen LogP contribution >= 0.6 is 11.3 Å². The van der Waals surface area contributed by atoms with Crippen LogP contribution in [0.5, 0.6) is 17.2 Å². The van der Waals surface area contributed by atoms with Gasteiger partial charge in [0.2, 0.25) is 5.75 Å². The Kier molecular flexibility index (Phi) is 7.89. The maximum absolute atomic E-state index is 12.7. The summed E-state index contributed by atoms with van der Waals surface area (Å²) in [5, 5.41) is 0.813. The van der Waals surface area contributed by atoms with Crippen molar-refractivity contribution in [3.8, 4) is 17.2 Å². The molecule has 2 aromatic carbocycles. The number of hydrogen-bond donors (Lipinski definition) is 0. The Bertz CT molecular complexity index is 1110. The third kappa shape index (κ3) is 5.81. The summed E-state index contributed by atoms with van der Waals surface area (Å²) in [6.45, 7) is 1.88. The van der Waals surface area contributed by atoms with Gasteiger partial charge in [-0.15, -0.1) is 11.3 Å². The first-order valence-electron chi connectivity index (χ1n) is 10.1. The number of methoxy groups -OCH3 is 3. The zero-order valence-electron chi connectivity index (χ0n) is 19.2. The number of benzene rings is 2. The van der Waals surface area contributed by atoms with Crippen LogP contribution in [-0.2, 0) is 20.9 Å². The van der Waals surface area contributed by atoms with Gasteiger partial charge in [-0.2, -0.15) is 0 Å². The molecular weight excluding hydrogens is 444 g/mol. The van der Waals surface area contributed by atoms with Crippen molar-refractivity contribution in [2.24, 2.45) is 0 Å². The summed E-state index contributed by atoms with van der Waals surface area (Å²) in [6, 6.07) is 11.2. The lowest BCUT2D eigenvalue weighted by Gasteiger charge is -2.20. The zero-order chi connectivity index (χ0) is 24.0. The van der Waals surface area contributed by atoms with Crippen LogP contribution in [0.25, 0.3) is 16.3 Å². The number of rotatable bonds is 9. The molecule has 0 bridgehead atoms. The topological polar surface area (TPSA) is 87.2 Å². The summed E-state index contributed by atoms with van der Waals surface area (Å²) in [4.78, 5) is 31.0. The zero-order valence-corrected chi connectivity index (χ0v) is 20.0. The van der Waals surface area contributed by atoms with E-state index in [-0.39, 0.29) is 5.91 Å². The Hall–Kier alpha value is -3.59. The monoisotopic (exact) mass is 470 g/mol. The molecule has 3 aromatic rings. The lowest BCUT2D eigenvalue weighted by molar-refractivity contribution is -0.154. The van der Waals surface area contributed by atoms with E-state index < -0.39 is 12.1 Å². The fraction of sp³-hybridized carbons (Fsp3) is 0.292. The largest absolute Gasteiger partial charge is 0.493 e. The molecule has 0 N–H and O–H groups in total. The number of esters is 1. The molecule has 1 atom stereocenters. The highest BCUT2D eigenvalue weighted by Gasteiger charge is 2.22. The molecule has 0 aliphatic heterocycles. The van der Waals surface area contributed by atoms with Crippen LogP contribution in [0, 0.1) is 0 Å². The fourth-order valence-corrected chi connectivity index (χ4v) is 4.23. The van der Waals surface area contributed by atoms with Crippen molar-refractivity contribution in [3.63, 3.8) is 0 Å². The molecule has 9 heteroatoms. The third-order valence-electron chi connectivity index (χ3n) is 4.83. The number of carbonyl (C=O) groups excluding carboxylic acids is 2. The number of hydrogen-bond acceptors (Lipinski definition) is 8. The molecule has 1 heterocycles. The van der Waals surface area contributed by atoms with Gasteiger partial charge in [-0.25, -0.2) is 9.78 Å². The summed E-state index contributed by atoms with van der Waals surface area (Å²) in [5.41, 5.74) is 1.54. The number of para-hydroxylation sites is 1. The predicted octanol–water partition coefficient (Wildman–Crippen LogP) is 3.93. The van der Waals surface area contributed by atoms with E-state index >= 15 is 0 Å². The van der Waals surface area contributed by atoms with Crippen molar-refractivity contribution < 1.29 is 28.5 Å². The van der Waals surface area contributed by atoms with E-state index in [9.17, 15) is 9.59 Å². The van der Waals surface area contributed by atoms with E-state index in [1.807, 2.05) is 24.3 Å². The first-order valence-corrected chi connectivity index (χ1v) is 11.0. The summed E-state index contributed by atoms with van der Waals surface area (Å²) in [6.07, 6.45) is 1.86. The van der Waals surface area contributed by atoms with E-state index in [1.54, 1.807) is 32.2 Å². The van der Waals surface area contributed by atoms with Crippen molar-refractivity contribution >= 4 is 39.5 Å². The van der Waals surface area contributed by atoms with Gasteiger partial charge in [0.05, 0.1) is 38.1 Å². The second kappa shape index (κ2) is 10.8. The predicted molar refractivity (Wildman–Crippen MR) is 127 cm³/mol. The Morgan fingerprint density at radius 1 is 1.09 bits per heavy atom. The van der Waals surface area contributed by atoms with E-state index in [4.69, 9.17) is 18.9 Å². The standard InChI is InChI=1S/C24H26N2O6S/c1-15(24(28)26(2)14-21-25-17-8-6-7-9-20(17)33-21)32-22(27)11-10-16-12-18(29-3)23(31-5)19(13-16)30-4/h6-13,15H,14H2,1-5H3/b11-10+. The molecule has 1 aromatic heterocycles. The fourth-order valence-electron chi connectivity index (χ4n) is 3.20. The molecule has 8 nitrogen and oxygen atoms in total. The maximum Gasteiger partial charge on any atom is 0.331 e. The molecule has 174 valence electrons. The Morgan fingerprint density at radius 3 is 2.36 bits per heavy atom. The molecule has 0 spiro atoms. The van der Waals surface area contributed by atoms with Crippen LogP contribution in [0.15, 0.2) is 42.5 Å². The van der Waals surface area contributed by atoms with Crippen LogP contribution in [0.2, 0.25) is 0 Å². The van der Waals surface area contributed by atoms with Gasteiger partial charge >= 0.3 is 5.97 Å². The van der Waals surface area contributed by atoms with Gasteiger partial charge in [-0.1, -0.05) is 12.1 Å². The molecule has 1 unspecified atom stereocenters. The number of nitrogens with zero attached hydrogens (tertiary/aromatic N) is 2. The van der Waals surface area contributed by atoms with Gasteiger partial charge in [-0.05, 0) is 42.8 Å². The Morgan fingerprint density at radius 2 is 1.76 bits per heavy atom. The van der Waals surface area contributed by atoms with Crippen molar-refractivity contribution in [1.82, 2.24) is 9.88 Å². The smallest absolute Gasteiger partial charge is 0.331 e. The van der Waals surface area contributed by atoms with Gasteiger partial charge in [0, 0.05) is 13.1 Å². The number of likely N-dealkylation sites (N-methyl/N-ethyl adjacent to an activating group) is 1. The maximum atomic E-state index is 12.7. The molecule has 0 fully saturated rings. The quantitative estimate of drug-likeness (QED) is 0.346. The number of ether oxygens (including phenoxy) is 4. The van der Waals surface area contributed by atoms with Crippen molar-refractivity contribution in [1.29, 1.82) is 0 Å². The highest BCUT2D eigenvalue weighted by atomic mass is 32.1. The summed E-state index contributed by atoms with van der Waals surface area (Å²) < 4.78 is 22.3. The normalized spacial score (nSPS) is 11.9. The Labute approximate surface area is 196 Å². The summed E-state index contributed by atoms with van der Waals surface area (Å²) in [7, 11) is 6.19. The average molecular weight is 471 g/mol. The van der Waals surface area contributed by atoms with Crippen LogP contribution in [0.3, 0.4) is 0 Å². The van der Waals surface area contributed by atoms with Crippen molar-refractivity contribution in [2.75, 3.05) is 28.4 Å². The SMILES string of the molecule is COc1cc(/C=C/C(=O)OC(C)C(=O)N(C)Cc2nc3ccccc3s2)cc(OC)c1OC. The van der Waals surface area contributed by atoms with E-state index in [0.29, 0.717) is 29.4 Å². The minimum Gasteiger partial charge on any atom is -0.493 e. The summed E-state index contributed by atoms with van der Waals surface area (Å²) in [5.74, 6) is 0.423. The van der Waals surface area contributed by atoms with Gasteiger partial charge in [0.25, 0.3) is 5.91 Å². The second-order valence-electron chi connectivity index (χ2n) is 7.14. The number of amides is 1. The molecule has 0 aliphatic carbocycles. The number of thiazole rings is 1. The van der Waals surface area contributed by atoms with Crippen LogP contribution in [0.4, 0.5) is 0 Å². The van der Waals surface area contributed by atoms with Crippen LogP contribution in [0.1, 0.15) is 17.5 Å². The first kappa shape index (κ1) is 24.1. The van der Waals surface area contributed by atoms with Crippen molar-refractivity contribution in [3.05, 3.63) is 53.0 Å². The molecular formula is C24H26N2O6S. The highest BCUT2D eigenvalue weighted by molar-refractivity contribution is 7.18. The molecule has 33 heavy (non-hydrogen) atoms.